The molecule has 0 amide bonds. The molecule has 1 aliphatic carbocycles. The lowest BCUT2D eigenvalue weighted by molar-refractivity contribution is -0.0977. The smallest absolute Gasteiger partial charge is 0.323 e. The fourth-order valence-corrected chi connectivity index (χ4v) is 2.46. The topological polar surface area (TPSA) is 95.2 Å². The highest BCUT2D eigenvalue weighted by Gasteiger charge is 2.49. The molecular formula is C14H25N5O2. The summed E-state index contributed by atoms with van der Waals surface area (Å²) < 4.78 is 11.1. The molecule has 2 rings (SSSR count). The van der Waals surface area contributed by atoms with Crippen molar-refractivity contribution in [2.75, 3.05) is 24.3 Å². The van der Waals surface area contributed by atoms with E-state index in [9.17, 15) is 0 Å². The number of hydrogen-bond donors (Lipinski definition) is 2. The Morgan fingerprint density at radius 3 is 2.67 bits per heavy atom. The quantitative estimate of drug-likeness (QED) is 0.792. The minimum absolute atomic E-state index is 0.0296. The lowest BCUT2D eigenvalue weighted by Gasteiger charge is -2.51. The number of rotatable bonds is 7. The molecule has 2 unspecified atom stereocenters. The van der Waals surface area contributed by atoms with E-state index in [4.69, 9.17) is 15.2 Å². The minimum Gasteiger partial charge on any atom is -0.463 e. The number of nitrogens with two attached hydrogens (primary N) is 1. The monoisotopic (exact) mass is 295 g/mol. The van der Waals surface area contributed by atoms with Gasteiger partial charge in [0.1, 0.15) is 0 Å². The summed E-state index contributed by atoms with van der Waals surface area (Å²) in [6.45, 7) is 9.68. The molecule has 1 saturated carbocycles. The van der Waals surface area contributed by atoms with E-state index in [1.807, 2.05) is 13.8 Å². The van der Waals surface area contributed by atoms with E-state index in [1.165, 1.54) is 0 Å². The van der Waals surface area contributed by atoms with Gasteiger partial charge in [0.25, 0.3) is 0 Å². The van der Waals surface area contributed by atoms with Crippen molar-refractivity contribution in [3.05, 3.63) is 0 Å². The zero-order valence-electron chi connectivity index (χ0n) is 13.2. The fourth-order valence-electron chi connectivity index (χ4n) is 2.46. The van der Waals surface area contributed by atoms with Crippen LogP contribution < -0.4 is 15.8 Å². The number of aromatic nitrogens is 3. The Balaban J connectivity index is 2.02. The molecule has 1 heterocycles. The van der Waals surface area contributed by atoms with E-state index in [1.54, 1.807) is 0 Å². The number of anilines is 2. The lowest BCUT2D eigenvalue weighted by Crippen LogP contribution is -2.58. The van der Waals surface area contributed by atoms with Crippen molar-refractivity contribution in [3.8, 4) is 6.01 Å². The Bertz CT molecular complexity index is 480. The molecule has 0 bridgehead atoms. The van der Waals surface area contributed by atoms with E-state index in [-0.39, 0.29) is 29.5 Å². The molecule has 1 fully saturated rings. The van der Waals surface area contributed by atoms with Crippen molar-refractivity contribution in [1.82, 2.24) is 15.0 Å². The van der Waals surface area contributed by atoms with Crippen LogP contribution in [0, 0.1) is 5.41 Å². The predicted molar refractivity (Wildman–Crippen MR) is 81.2 cm³/mol. The first-order chi connectivity index (χ1) is 9.97. The molecule has 0 radical (unpaired) electrons. The molecule has 0 spiro atoms. The van der Waals surface area contributed by atoms with Crippen molar-refractivity contribution >= 4 is 11.9 Å². The van der Waals surface area contributed by atoms with Crippen molar-refractivity contribution in [2.24, 2.45) is 5.41 Å². The predicted octanol–water partition coefficient (Wildman–Crippen LogP) is 1.86. The maximum Gasteiger partial charge on any atom is 0.323 e. The largest absolute Gasteiger partial charge is 0.463 e. The Hall–Kier alpha value is -1.63. The van der Waals surface area contributed by atoms with Crippen molar-refractivity contribution in [1.29, 1.82) is 0 Å². The Labute approximate surface area is 125 Å². The zero-order valence-corrected chi connectivity index (χ0v) is 13.2. The molecule has 7 heteroatoms. The summed E-state index contributed by atoms with van der Waals surface area (Å²) in [5.41, 5.74) is 5.73. The normalized spacial score (nSPS) is 23.4. The summed E-state index contributed by atoms with van der Waals surface area (Å²) in [5.74, 6) is 0.624. The van der Waals surface area contributed by atoms with Gasteiger partial charge in [-0.25, -0.2) is 0 Å². The summed E-state index contributed by atoms with van der Waals surface area (Å²) in [6, 6.07) is 0.514. The second-order valence-corrected chi connectivity index (χ2v) is 5.85. The fraction of sp³-hybridized carbons (Fsp3) is 0.786. The van der Waals surface area contributed by atoms with Crippen LogP contribution in [0.4, 0.5) is 11.9 Å². The van der Waals surface area contributed by atoms with Crippen molar-refractivity contribution < 1.29 is 9.47 Å². The number of ether oxygens (including phenoxy) is 2. The first-order valence-electron chi connectivity index (χ1n) is 7.49. The van der Waals surface area contributed by atoms with E-state index < -0.39 is 0 Å². The van der Waals surface area contributed by atoms with E-state index in [0.29, 0.717) is 12.6 Å². The maximum atomic E-state index is 5.72. The Morgan fingerprint density at radius 1 is 1.29 bits per heavy atom. The van der Waals surface area contributed by atoms with Crippen LogP contribution in [0.3, 0.4) is 0 Å². The van der Waals surface area contributed by atoms with E-state index >= 15 is 0 Å². The second-order valence-electron chi connectivity index (χ2n) is 5.85. The molecule has 2 atom stereocenters. The van der Waals surface area contributed by atoms with Gasteiger partial charge in [-0.15, -0.1) is 0 Å². The van der Waals surface area contributed by atoms with Gasteiger partial charge < -0.3 is 20.5 Å². The van der Waals surface area contributed by atoms with Crippen LogP contribution in [0.2, 0.25) is 0 Å². The van der Waals surface area contributed by atoms with Gasteiger partial charge in [0.05, 0.1) is 12.7 Å². The molecule has 0 saturated heterocycles. The summed E-state index contributed by atoms with van der Waals surface area (Å²) in [6.07, 6.45) is 2.08. The third-order valence-corrected chi connectivity index (χ3v) is 3.92. The highest BCUT2D eigenvalue weighted by molar-refractivity contribution is 5.35. The van der Waals surface area contributed by atoms with Gasteiger partial charge in [-0.3, -0.25) is 0 Å². The molecular weight excluding hydrogens is 270 g/mol. The van der Waals surface area contributed by atoms with Crippen molar-refractivity contribution in [3.63, 3.8) is 0 Å². The molecule has 21 heavy (non-hydrogen) atoms. The molecule has 1 aromatic rings. The number of nitrogens with zero attached hydrogens (tertiary/aromatic N) is 3. The Kier molecular flexibility index (Phi) is 4.82. The first kappa shape index (κ1) is 15.8. The number of nitrogens with one attached hydrogen (secondary N) is 1. The summed E-state index contributed by atoms with van der Waals surface area (Å²) in [7, 11) is 0. The molecule has 1 aromatic heterocycles. The number of nitrogen functional groups attached to an aromatic ring is 1. The van der Waals surface area contributed by atoms with E-state index in [2.05, 4.69) is 34.1 Å². The van der Waals surface area contributed by atoms with Gasteiger partial charge >= 0.3 is 6.01 Å². The highest BCUT2D eigenvalue weighted by Crippen LogP contribution is 2.44. The van der Waals surface area contributed by atoms with Crippen LogP contribution >= 0.6 is 0 Å². The third kappa shape index (κ3) is 3.53. The van der Waals surface area contributed by atoms with Gasteiger partial charge in [-0.1, -0.05) is 20.8 Å². The molecule has 7 nitrogen and oxygen atoms in total. The van der Waals surface area contributed by atoms with Gasteiger partial charge in [-0.05, 0) is 19.8 Å². The molecule has 1 aliphatic rings. The summed E-state index contributed by atoms with van der Waals surface area (Å²) >= 11 is 0. The van der Waals surface area contributed by atoms with Crippen LogP contribution in [0.25, 0.3) is 0 Å². The van der Waals surface area contributed by atoms with Crippen LogP contribution in [0.5, 0.6) is 6.01 Å². The summed E-state index contributed by atoms with van der Waals surface area (Å²) in [4.78, 5) is 12.3. The van der Waals surface area contributed by atoms with Gasteiger partial charge in [0, 0.05) is 18.1 Å². The van der Waals surface area contributed by atoms with Gasteiger partial charge in [0.15, 0.2) is 0 Å². The van der Waals surface area contributed by atoms with Crippen LogP contribution in [-0.2, 0) is 4.74 Å². The van der Waals surface area contributed by atoms with Crippen molar-refractivity contribution in [2.45, 2.75) is 52.7 Å². The second kappa shape index (κ2) is 6.43. The summed E-state index contributed by atoms with van der Waals surface area (Å²) in [5, 5.41) is 3.31. The van der Waals surface area contributed by atoms with Crippen LogP contribution in [0.1, 0.15) is 40.5 Å². The Morgan fingerprint density at radius 2 is 2.05 bits per heavy atom. The molecule has 3 N–H and O–H groups in total. The minimum atomic E-state index is 0.0296. The van der Waals surface area contributed by atoms with Crippen LogP contribution in [0.15, 0.2) is 0 Å². The molecule has 118 valence electrons. The maximum absolute atomic E-state index is 5.72. The number of hydrogen-bond acceptors (Lipinski definition) is 7. The van der Waals surface area contributed by atoms with Gasteiger partial charge in [0.2, 0.25) is 11.9 Å². The third-order valence-electron chi connectivity index (χ3n) is 3.92. The standard InChI is InChI=1S/C14H25N5O2/c1-5-7-21-13-18-11(15)17-12(19-13)16-9-8-10(20-6-2)14(9,3)4/h9-10H,5-8H2,1-4H3,(H3,15,16,17,18,19). The van der Waals surface area contributed by atoms with E-state index in [0.717, 1.165) is 19.4 Å². The van der Waals surface area contributed by atoms with Gasteiger partial charge in [-0.2, -0.15) is 15.0 Å². The average molecular weight is 295 g/mol. The molecule has 0 aromatic carbocycles. The lowest BCUT2D eigenvalue weighted by atomic mass is 9.64. The first-order valence-corrected chi connectivity index (χ1v) is 7.49. The average Bonchev–Trinajstić information content (AvgIpc) is 2.43. The zero-order chi connectivity index (χ0) is 15.5. The van der Waals surface area contributed by atoms with Crippen LogP contribution in [-0.4, -0.2) is 40.3 Å². The SMILES string of the molecule is CCCOc1nc(N)nc(NC2CC(OCC)C2(C)C)n1. The molecule has 0 aliphatic heterocycles. The highest BCUT2D eigenvalue weighted by atomic mass is 16.5.